The van der Waals surface area contributed by atoms with Gasteiger partial charge in [-0.25, -0.2) is 0 Å². The summed E-state index contributed by atoms with van der Waals surface area (Å²) in [7, 11) is 0. The Hall–Kier alpha value is -1.36. The minimum absolute atomic E-state index is 1.07. The zero-order chi connectivity index (χ0) is 14.5. The highest BCUT2D eigenvalue weighted by atomic mass is 32.1. The summed E-state index contributed by atoms with van der Waals surface area (Å²) in [6.07, 6.45) is 0. The fraction of sp³-hybridized carbons (Fsp3) is 0.412. The van der Waals surface area contributed by atoms with Gasteiger partial charge in [-0.15, -0.1) is 11.3 Å². The number of rotatable bonds is 5. The number of nitrogens with zero attached hydrogens (tertiary/aromatic N) is 2. The molecule has 21 heavy (non-hydrogen) atoms. The molecule has 2 aromatic rings. The van der Waals surface area contributed by atoms with Crippen molar-refractivity contribution in [3.8, 4) is 0 Å². The molecule has 1 saturated heterocycles. The SMILES string of the molecule is CCN1CCN(Cc2ccc(Nc3cccs3)cc2)CC1. The van der Waals surface area contributed by atoms with Crippen LogP contribution in [0, 0.1) is 0 Å². The van der Waals surface area contributed by atoms with Crippen molar-refractivity contribution in [3.05, 3.63) is 47.3 Å². The maximum atomic E-state index is 3.43. The van der Waals surface area contributed by atoms with Gasteiger partial charge in [0.05, 0.1) is 5.00 Å². The van der Waals surface area contributed by atoms with E-state index >= 15 is 0 Å². The fourth-order valence-electron chi connectivity index (χ4n) is 2.71. The Bertz CT molecular complexity index is 528. The molecular formula is C17H23N3S. The van der Waals surface area contributed by atoms with E-state index in [2.05, 4.69) is 63.8 Å². The smallest absolute Gasteiger partial charge is 0.0926 e. The lowest BCUT2D eigenvalue weighted by Gasteiger charge is -2.34. The Morgan fingerprint density at radius 2 is 1.71 bits per heavy atom. The van der Waals surface area contributed by atoms with E-state index in [4.69, 9.17) is 0 Å². The zero-order valence-corrected chi connectivity index (χ0v) is 13.4. The summed E-state index contributed by atoms with van der Waals surface area (Å²) in [5, 5.41) is 6.71. The van der Waals surface area contributed by atoms with Crippen LogP contribution in [0.3, 0.4) is 0 Å². The van der Waals surface area contributed by atoms with E-state index in [0.29, 0.717) is 0 Å². The normalized spacial score (nSPS) is 17.0. The molecule has 0 aliphatic carbocycles. The van der Waals surface area contributed by atoms with Crippen molar-refractivity contribution in [2.24, 2.45) is 0 Å². The molecule has 0 saturated carbocycles. The van der Waals surface area contributed by atoms with E-state index in [9.17, 15) is 0 Å². The Labute approximate surface area is 131 Å². The van der Waals surface area contributed by atoms with Gasteiger partial charge in [0.15, 0.2) is 0 Å². The predicted octanol–water partition coefficient (Wildman–Crippen LogP) is 3.63. The first-order valence-electron chi connectivity index (χ1n) is 7.67. The van der Waals surface area contributed by atoms with Crippen molar-refractivity contribution in [1.82, 2.24) is 9.80 Å². The molecule has 0 atom stereocenters. The van der Waals surface area contributed by atoms with Gasteiger partial charge < -0.3 is 10.2 Å². The maximum Gasteiger partial charge on any atom is 0.0926 e. The number of benzene rings is 1. The molecule has 1 aromatic heterocycles. The summed E-state index contributed by atoms with van der Waals surface area (Å²) in [6, 6.07) is 13.0. The molecule has 0 spiro atoms. The quantitative estimate of drug-likeness (QED) is 0.910. The van der Waals surface area contributed by atoms with Crippen LogP contribution in [0.25, 0.3) is 0 Å². The van der Waals surface area contributed by atoms with Crippen molar-refractivity contribution >= 4 is 22.0 Å². The van der Waals surface area contributed by atoms with Crippen LogP contribution >= 0.6 is 11.3 Å². The third-order valence-electron chi connectivity index (χ3n) is 4.06. The Balaban J connectivity index is 1.53. The molecule has 1 N–H and O–H groups in total. The summed E-state index contributed by atoms with van der Waals surface area (Å²) < 4.78 is 0. The number of thiophene rings is 1. The van der Waals surface area contributed by atoms with Crippen LogP contribution in [0.1, 0.15) is 12.5 Å². The summed E-state index contributed by atoms with van der Waals surface area (Å²) in [6.45, 7) is 9.26. The summed E-state index contributed by atoms with van der Waals surface area (Å²) >= 11 is 1.73. The van der Waals surface area contributed by atoms with E-state index in [1.165, 1.54) is 43.3 Å². The van der Waals surface area contributed by atoms with Crippen LogP contribution in [-0.2, 0) is 6.54 Å². The van der Waals surface area contributed by atoms with Gasteiger partial charge in [-0.05, 0) is 41.8 Å². The van der Waals surface area contributed by atoms with Crippen molar-refractivity contribution in [2.45, 2.75) is 13.5 Å². The third-order valence-corrected chi connectivity index (χ3v) is 4.85. The van der Waals surface area contributed by atoms with Gasteiger partial charge in [-0.2, -0.15) is 0 Å². The van der Waals surface area contributed by atoms with Crippen LogP contribution in [0.2, 0.25) is 0 Å². The molecule has 3 rings (SSSR count). The van der Waals surface area contributed by atoms with Crippen LogP contribution < -0.4 is 5.32 Å². The second kappa shape index (κ2) is 7.07. The average Bonchev–Trinajstić information content (AvgIpc) is 3.03. The van der Waals surface area contributed by atoms with E-state index in [1.807, 2.05) is 0 Å². The second-order valence-corrected chi connectivity index (χ2v) is 6.46. The minimum atomic E-state index is 1.07. The van der Waals surface area contributed by atoms with Crippen molar-refractivity contribution < 1.29 is 0 Å². The van der Waals surface area contributed by atoms with Gasteiger partial charge in [0, 0.05) is 38.4 Å². The van der Waals surface area contributed by atoms with Crippen molar-refractivity contribution in [2.75, 3.05) is 38.0 Å². The van der Waals surface area contributed by atoms with Gasteiger partial charge in [-0.1, -0.05) is 19.1 Å². The largest absolute Gasteiger partial charge is 0.347 e. The number of nitrogens with one attached hydrogen (secondary N) is 1. The molecule has 3 nitrogen and oxygen atoms in total. The van der Waals surface area contributed by atoms with E-state index in [-0.39, 0.29) is 0 Å². The van der Waals surface area contributed by atoms with Crippen molar-refractivity contribution in [3.63, 3.8) is 0 Å². The van der Waals surface area contributed by atoms with Gasteiger partial charge in [0.1, 0.15) is 0 Å². The first-order chi connectivity index (χ1) is 10.3. The van der Waals surface area contributed by atoms with E-state index < -0.39 is 0 Å². The molecule has 1 aliphatic heterocycles. The maximum absolute atomic E-state index is 3.43. The Kier molecular flexibility index (Phi) is 4.91. The third kappa shape index (κ3) is 4.06. The van der Waals surface area contributed by atoms with Gasteiger partial charge in [-0.3, -0.25) is 4.90 Å². The lowest BCUT2D eigenvalue weighted by Crippen LogP contribution is -2.45. The highest BCUT2D eigenvalue weighted by Crippen LogP contribution is 2.22. The highest BCUT2D eigenvalue weighted by Gasteiger charge is 2.15. The molecule has 0 bridgehead atoms. The molecule has 2 heterocycles. The molecule has 4 heteroatoms. The number of likely N-dealkylation sites (N-methyl/N-ethyl adjacent to an activating group) is 1. The molecule has 1 fully saturated rings. The molecule has 0 unspecified atom stereocenters. The zero-order valence-electron chi connectivity index (χ0n) is 12.6. The summed E-state index contributed by atoms with van der Waals surface area (Å²) in [4.78, 5) is 5.07. The van der Waals surface area contributed by atoms with Gasteiger partial charge >= 0.3 is 0 Å². The number of anilines is 2. The fourth-order valence-corrected chi connectivity index (χ4v) is 3.34. The first kappa shape index (κ1) is 14.6. The highest BCUT2D eigenvalue weighted by molar-refractivity contribution is 7.14. The van der Waals surface area contributed by atoms with E-state index in [0.717, 1.165) is 12.2 Å². The van der Waals surface area contributed by atoms with E-state index in [1.54, 1.807) is 11.3 Å². The standard InChI is InChI=1S/C17H23N3S/c1-2-19-9-11-20(12-10-19)14-15-5-7-16(8-6-15)18-17-4-3-13-21-17/h3-8,13,18H,2,9-12,14H2,1H3. The average molecular weight is 301 g/mol. The summed E-state index contributed by atoms with van der Waals surface area (Å²) in [5.41, 5.74) is 2.56. The van der Waals surface area contributed by atoms with Gasteiger partial charge in [0.2, 0.25) is 0 Å². The lowest BCUT2D eigenvalue weighted by atomic mass is 10.2. The predicted molar refractivity (Wildman–Crippen MR) is 91.4 cm³/mol. The Morgan fingerprint density at radius 1 is 1.00 bits per heavy atom. The number of piperazine rings is 1. The van der Waals surface area contributed by atoms with Crippen molar-refractivity contribution in [1.29, 1.82) is 0 Å². The monoisotopic (exact) mass is 301 g/mol. The van der Waals surface area contributed by atoms with Crippen LogP contribution in [0.5, 0.6) is 0 Å². The van der Waals surface area contributed by atoms with Crippen LogP contribution in [0.4, 0.5) is 10.7 Å². The van der Waals surface area contributed by atoms with Crippen LogP contribution in [0.15, 0.2) is 41.8 Å². The molecule has 1 aromatic carbocycles. The minimum Gasteiger partial charge on any atom is -0.347 e. The lowest BCUT2D eigenvalue weighted by molar-refractivity contribution is 0.132. The first-order valence-corrected chi connectivity index (χ1v) is 8.55. The number of hydrogen-bond acceptors (Lipinski definition) is 4. The molecule has 112 valence electrons. The molecule has 0 amide bonds. The summed E-state index contributed by atoms with van der Waals surface area (Å²) in [5.74, 6) is 0. The second-order valence-electron chi connectivity index (χ2n) is 5.51. The molecule has 1 aliphatic rings. The molecular weight excluding hydrogens is 278 g/mol. The van der Waals surface area contributed by atoms with Crippen LogP contribution in [-0.4, -0.2) is 42.5 Å². The molecule has 0 radical (unpaired) electrons. The topological polar surface area (TPSA) is 18.5 Å². The number of hydrogen-bond donors (Lipinski definition) is 1. The van der Waals surface area contributed by atoms with Gasteiger partial charge in [0.25, 0.3) is 0 Å². The Morgan fingerprint density at radius 3 is 2.33 bits per heavy atom.